The SMILES string of the molecule is Cc1cccc(NC(=O)/C(C#N)=C/c2ccc3c(c2)C(C)CC(C)(C)N3C)c1. The second-order valence-electron chi connectivity index (χ2n) is 8.29. The number of amides is 1. The van der Waals surface area contributed by atoms with Gasteiger partial charge in [-0.15, -0.1) is 0 Å². The molecule has 0 bridgehead atoms. The topological polar surface area (TPSA) is 56.1 Å². The van der Waals surface area contributed by atoms with Gasteiger partial charge in [0.15, 0.2) is 0 Å². The molecule has 1 N–H and O–H groups in total. The lowest BCUT2D eigenvalue weighted by atomic mass is 9.80. The van der Waals surface area contributed by atoms with E-state index in [0.717, 1.165) is 17.5 Å². The Bertz CT molecular complexity index is 982. The number of hydrogen-bond acceptors (Lipinski definition) is 3. The molecule has 0 radical (unpaired) electrons. The third-order valence-corrected chi connectivity index (χ3v) is 5.61. The van der Waals surface area contributed by atoms with Crippen LogP contribution >= 0.6 is 0 Å². The summed E-state index contributed by atoms with van der Waals surface area (Å²) in [5.41, 5.74) is 5.28. The van der Waals surface area contributed by atoms with Crippen molar-refractivity contribution >= 4 is 23.4 Å². The van der Waals surface area contributed by atoms with E-state index >= 15 is 0 Å². The van der Waals surface area contributed by atoms with Gasteiger partial charge in [0.05, 0.1) is 0 Å². The highest BCUT2D eigenvalue weighted by Crippen LogP contribution is 2.42. The molecule has 28 heavy (non-hydrogen) atoms. The molecule has 4 nitrogen and oxygen atoms in total. The van der Waals surface area contributed by atoms with E-state index in [0.29, 0.717) is 11.6 Å². The van der Waals surface area contributed by atoms with Gasteiger partial charge in [-0.05, 0) is 80.1 Å². The van der Waals surface area contributed by atoms with E-state index in [2.05, 4.69) is 50.2 Å². The van der Waals surface area contributed by atoms with Crippen molar-refractivity contribution in [2.45, 2.75) is 45.6 Å². The Morgan fingerprint density at radius 2 is 2.04 bits per heavy atom. The number of carbonyl (C=O) groups excluding carboxylic acids is 1. The van der Waals surface area contributed by atoms with E-state index in [1.54, 1.807) is 6.08 Å². The number of aryl methyl sites for hydroxylation is 1. The standard InChI is InChI=1S/C24H27N3O/c1-16-7-6-8-20(11-16)26-23(28)19(15-25)12-18-9-10-22-21(13-18)17(2)14-24(3,4)27(22)5/h6-13,17H,14H2,1-5H3,(H,26,28)/b19-12+. The highest BCUT2D eigenvalue weighted by molar-refractivity contribution is 6.09. The van der Waals surface area contributed by atoms with Gasteiger partial charge in [0, 0.05) is 24.0 Å². The third kappa shape index (κ3) is 3.94. The molecule has 2 aromatic carbocycles. The molecule has 1 heterocycles. The van der Waals surface area contributed by atoms with Crippen molar-refractivity contribution in [2.24, 2.45) is 0 Å². The fourth-order valence-corrected chi connectivity index (χ4v) is 3.92. The monoisotopic (exact) mass is 373 g/mol. The third-order valence-electron chi connectivity index (χ3n) is 5.61. The summed E-state index contributed by atoms with van der Waals surface area (Å²) in [6, 6.07) is 15.7. The highest BCUT2D eigenvalue weighted by atomic mass is 16.1. The molecule has 4 heteroatoms. The minimum atomic E-state index is -0.392. The van der Waals surface area contributed by atoms with Crippen molar-refractivity contribution in [2.75, 3.05) is 17.3 Å². The Morgan fingerprint density at radius 1 is 1.29 bits per heavy atom. The van der Waals surface area contributed by atoms with Crippen molar-refractivity contribution in [3.05, 3.63) is 64.7 Å². The number of carbonyl (C=O) groups is 1. The first-order valence-electron chi connectivity index (χ1n) is 9.59. The molecule has 0 aromatic heterocycles. The molecule has 0 saturated carbocycles. The molecule has 1 amide bonds. The van der Waals surface area contributed by atoms with E-state index in [1.165, 1.54) is 11.3 Å². The second-order valence-corrected chi connectivity index (χ2v) is 8.29. The normalized spacial score (nSPS) is 18.2. The van der Waals surface area contributed by atoms with Gasteiger partial charge in [-0.1, -0.05) is 25.1 Å². The molecule has 1 unspecified atom stereocenters. The maximum Gasteiger partial charge on any atom is 0.266 e. The summed E-state index contributed by atoms with van der Waals surface area (Å²) < 4.78 is 0. The number of nitrogens with zero attached hydrogens (tertiary/aromatic N) is 2. The number of fused-ring (bicyclic) bond motifs is 1. The summed E-state index contributed by atoms with van der Waals surface area (Å²) in [4.78, 5) is 14.9. The van der Waals surface area contributed by atoms with Crippen molar-refractivity contribution in [3.63, 3.8) is 0 Å². The largest absolute Gasteiger partial charge is 0.369 e. The van der Waals surface area contributed by atoms with Gasteiger partial charge >= 0.3 is 0 Å². The lowest BCUT2D eigenvalue weighted by molar-refractivity contribution is -0.112. The van der Waals surface area contributed by atoms with Crippen LogP contribution < -0.4 is 10.2 Å². The molecule has 0 spiro atoms. The van der Waals surface area contributed by atoms with Crippen LogP contribution in [0.4, 0.5) is 11.4 Å². The lowest BCUT2D eigenvalue weighted by Crippen LogP contribution is -2.45. The fourth-order valence-electron chi connectivity index (χ4n) is 3.92. The van der Waals surface area contributed by atoms with Gasteiger partial charge in [-0.3, -0.25) is 4.79 Å². The van der Waals surface area contributed by atoms with Crippen LogP contribution in [0.1, 0.15) is 49.8 Å². The molecule has 1 aliphatic rings. The van der Waals surface area contributed by atoms with Gasteiger partial charge in [-0.25, -0.2) is 0 Å². The Kier molecular flexibility index (Phi) is 5.29. The van der Waals surface area contributed by atoms with Crippen LogP contribution in [0.5, 0.6) is 0 Å². The Morgan fingerprint density at radius 3 is 2.71 bits per heavy atom. The molecule has 0 fully saturated rings. The lowest BCUT2D eigenvalue weighted by Gasteiger charge is -2.45. The molecule has 144 valence electrons. The zero-order valence-corrected chi connectivity index (χ0v) is 17.2. The van der Waals surface area contributed by atoms with E-state index in [4.69, 9.17) is 0 Å². The predicted octanol–water partition coefficient (Wildman–Crippen LogP) is 5.26. The number of benzene rings is 2. The average molecular weight is 374 g/mol. The second kappa shape index (κ2) is 7.52. The Balaban J connectivity index is 1.88. The highest BCUT2D eigenvalue weighted by Gasteiger charge is 2.33. The summed E-state index contributed by atoms with van der Waals surface area (Å²) in [5, 5.41) is 12.3. The fraction of sp³-hybridized carbons (Fsp3) is 0.333. The van der Waals surface area contributed by atoms with Gasteiger partial charge in [-0.2, -0.15) is 5.26 Å². The van der Waals surface area contributed by atoms with Gasteiger partial charge in [0.2, 0.25) is 0 Å². The Labute approximate surface area is 167 Å². The van der Waals surface area contributed by atoms with Crippen molar-refractivity contribution in [1.29, 1.82) is 5.26 Å². The summed E-state index contributed by atoms with van der Waals surface area (Å²) in [5.74, 6) is 0.0262. The molecule has 1 aliphatic heterocycles. The van der Waals surface area contributed by atoms with Crippen molar-refractivity contribution in [1.82, 2.24) is 0 Å². The summed E-state index contributed by atoms with van der Waals surface area (Å²) >= 11 is 0. The van der Waals surface area contributed by atoms with E-state index < -0.39 is 5.91 Å². The summed E-state index contributed by atoms with van der Waals surface area (Å²) in [7, 11) is 2.12. The average Bonchev–Trinajstić information content (AvgIpc) is 2.64. The van der Waals surface area contributed by atoms with E-state index in [9.17, 15) is 10.1 Å². The van der Waals surface area contributed by atoms with Gasteiger partial charge < -0.3 is 10.2 Å². The molecule has 3 rings (SSSR count). The summed E-state index contributed by atoms with van der Waals surface area (Å²) in [6.07, 6.45) is 2.72. The minimum Gasteiger partial charge on any atom is -0.369 e. The zero-order chi connectivity index (χ0) is 20.5. The van der Waals surface area contributed by atoms with Crippen LogP contribution in [0.3, 0.4) is 0 Å². The number of nitrogens with one attached hydrogen (secondary N) is 1. The Hall–Kier alpha value is -3.06. The van der Waals surface area contributed by atoms with Crippen LogP contribution in [0.2, 0.25) is 0 Å². The first kappa shape index (κ1) is 19.7. The molecular weight excluding hydrogens is 346 g/mol. The predicted molar refractivity (Wildman–Crippen MR) is 115 cm³/mol. The first-order valence-corrected chi connectivity index (χ1v) is 9.59. The number of nitriles is 1. The molecular formula is C24H27N3O. The van der Waals surface area contributed by atoms with Crippen molar-refractivity contribution < 1.29 is 4.79 Å². The van der Waals surface area contributed by atoms with Crippen molar-refractivity contribution in [3.8, 4) is 6.07 Å². The number of anilines is 2. The van der Waals surface area contributed by atoms with Crippen LogP contribution in [-0.2, 0) is 4.79 Å². The number of hydrogen-bond donors (Lipinski definition) is 1. The molecule has 0 aliphatic carbocycles. The molecule has 2 aromatic rings. The van der Waals surface area contributed by atoms with E-state index in [-0.39, 0.29) is 11.1 Å². The summed E-state index contributed by atoms with van der Waals surface area (Å²) in [6.45, 7) is 8.70. The minimum absolute atomic E-state index is 0.0959. The number of rotatable bonds is 3. The van der Waals surface area contributed by atoms with Crippen LogP contribution in [0.15, 0.2) is 48.0 Å². The maximum absolute atomic E-state index is 12.5. The molecule has 1 atom stereocenters. The van der Waals surface area contributed by atoms with Gasteiger partial charge in [0.1, 0.15) is 11.6 Å². The molecule has 0 saturated heterocycles. The van der Waals surface area contributed by atoms with Crippen LogP contribution in [-0.4, -0.2) is 18.5 Å². The first-order chi connectivity index (χ1) is 13.2. The smallest absolute Gasteiger partial charge is 0.266 e. The zero-order valence-electron chi connectivity index (χ0n) is 17.2. The van der Waals surface area contributed by atoms with Crippen LogP contribution in [0, 0.1) is 18.3 Å². The quantitative estimate of drug-likeness (QED) is 0.589. The maximum atomic E-state index is 12.5. The van der Waals surface area contributed by atoms with E-state index in [1.807, 2.05) is 43.3 Å². The van der Waals surface area contributed by atoms with Crippen LogP contribution in [0.25, 0.3) is 6.08 Å². The van der Waals surface area contributed by atoms with Gasteiger partial charge in [0.25, 0.3) is 5.91 Å².